The van der Waals surface area contributed by atoms with Crippen LogP contribution in [-0.2, 0) is 11.2 Å². The van der Waals surface area contributed by atoms with Gasteiger partial charge in [-0.05, 0) is 48.1 Å². The van der Waals surface area contributed by atoms with Gasteiger partial charge in [0.05, 0.1) is 0 Å². The zero-order chi connectivity index (χ0) is 14.7. The molecule has 5 heteroatoms. The van der Waals surface area contributed by atoms with Crippen molar-refractivity contribution >= 4 is 39.7 Å². The topological polar surface area (TPSA) is 46.3 Å². The van der Waals surface area contributed by atoms with Gasteiger partial charge < -0.3 is 10.6 Å². The number of carbonyl (C=O) groups is 1. The minimum absolute atomic E-state index is 0. The van der Waals surface area contributed by atoms with Crippen LogP contribution < -0.4 is 5.73 Å². The van der Waals surface area contributed by atoms with Crippen molar-refractivity contribution in [3.05, 3.63) is 35.2 Å². The molecule has 120 valence electrons. The summed E-state index contributed by atoms with van der Waals surface area (Å²) in [7, 11) is 0. The minimum Gasteiger partial charge on any atom is -0.343 e. The molecule has 1 aromatic carbocycles. The van der Waals surface area contributed by atoms with Crippen molar-refractivity contribution in [1.29, 1.82) is 0 Å². The Morgan fingerprint density at radius 2 is 2.00 bits per heavy atom. The van der Waals surface area contributed by atoms with Crippen LogP contribution >= 0.6 is 23.7 Å². The second kappa shape index (κ2) is 7.95. The Labute approximate surface area is 141 Å². The van der Waals surface area contributed by atoms with Crippen molar-refractivity contribution in [2.24, 2.45) is 5.73 Å². The fourth-order valence-electron chi connectivity index (χ4n) is 2.96. The van der Waals surface area contributed by atoms with E-state index in [1.807, 2.05) is 4.90 Å². The summed E-state index contributed by atoms with van der Waals surface area (Å²) in [6.45, 7) is 1.67. The third kappa shape index (κ3) is 4.00. The average molecular weight is 339 g/mol. The van der Waals surface area contributed by atoms with Crippen molar-refractivity contribution in [3.63, 3.8) is 0 Å². The Morgan fingerprint density at radius 1 is 1.27 bits per heavy atom. The molecule has 1 aliphatic heterocycles. The number of aryl methyl sites for hydroxylation is 1. The van der Waals surface area contributed by atoms with Crippen molar-refractivity contribution in [1.82, 2.24) is 4.90 Å². The highest BCUT2D eigenvalue weighted by Gasteiger charge is 2.20. The number of nitrogens with two attached hydrogens (primary N) is 1. The molecule has 0 saturated carbocycles. The van der Waals surface area contributed by atoms with E-state index in [2.05, 4.69) is 29.6 Å². The second-order valence-corrected chi connectivity index (χ2v) is 6.74. The van der Waals surface area contributed by atoms with Crippen LogP contribution in [0.1, 0.15) is 31.2 Å². The van der Waals surface area contributed by atoms with Gasteiger partial charge in [-0.2, -0.15) is 0 Å². The minimum atomic E-state index is 0. The molecule has 0 aliphatic carbocycles. The highest BCUT2D eigenvalue weighted by atomic mass is 35.5. The predicted octanol–water partition coefficient (Wildman–Crippen LogP) is 3.60. The molecule has 1 fully saturated rings. The SMILES string of the molecule is Cl.NC1CCN(C(=O)CCCc2csc3ccccc23)CC1. The van der Waals surface area contributed by atoms with E-state index in [4.69, 9.17) is 5.73 Å². The lowest BCUT2D eigenvalue weighted by Crippen LogP contribution is -2.42. The first-order chi connectivity index (χ1) is 10.2. The Balaban J connectivity index is 0.00000176. The summed E-state index contributed by atoms with van der Waals surface area (Å²) >= 11 is 1.79. The van der Waals surface area contributed by atoms with E-state index in [1.54, 1.807) is 11.3 Å². The van der Waals surface area contributed by atoms with Gasteiger partial charge in [0.25, 0.3) is 0 Å². The number of rotatable bonds is 4. The van der Waals surface area contributed by atoms with Crippen molar-refractivity contribution in [3.8, 4) is 0 Å². The summed E-state index contributed by atoms with van der Waals surface area (Å²) in [5, 5.41) is 3.58. The lowest BCUT2D eigenvalue weighted by molar-refractivity contribution is -0.132. The molecule has 0 atom stereocenters. The Hall–Kier alpha value is -1.10. The molecule has 22 heavy (non-hydrogen) atoms. The molecule has 1 saturated heterocycles. The maximum Gasteiger partial charge on any atom is 0.222 e. The molecule has 3 nitrogen and oxygen atoms in total. The van der Waals surface area contributed by atoms with Crippen molar-refractivity contribution < 1.29 is 4.79 Å². The monoisotopic (exact) mass is 338 g/mol. The van der Waals surface area contributed by atoms with Gasteiger partial charge >= 0.3 is 0 Å². The van der Waals surface area contributed by atoms with Gasteiger partial charge in [0, 0.05) is 30.3 Å². The third-order valence-corrected chi connectivity index (χ3v) is 5.30. The van der Waals surface area contributed by atoms with E-state index in [1.165, 1.54) is 15.6 Å². The first-order valence-electron chi connectivity index (χ1n) is 7.72. The number of piperidine rings is 1. The smallest absolute Gasteiger partial charge is 0.222 e. The van der Waals surface area contributed by atoms with Crippen LogP contribution in [0.4, 0.5) is 0 Å². The molecule has 2 heterocycles. The summed E-state index contributed by atoms with van der Waals surface area (Å²) in [6.07, 6.45) is 4.46. The summed E-state index contributed by atoms with van der Waals surface area (Å²) in [5.74, 6) is 0.293. The standard InChI is InChI=1S/C17H22N2OS.ClH/c18-14-8-10-19(11-9-14)17(20)7-3-4-13-12-21-16-6-2-1-5-15(13)16;/h1-2,5-6,12,14H,3-4,7-11,18H2;1H. The lowest BCUT2D eigenvalue weighted by atomic mass is 10.0. The number of halogens is 1. The third-order valence-electron chi connectivity index (χ3n) is 4.29. The molecule has 0 bridgehead atoms. The predicted molar refractivity (Wildman–Crippen MR) is 95.8 cm³/mol. The quantitative estimate of drug-likeness (QED) is 0.925. The maximum atomic E-state index is 12.2. The Kier molecular flexibility index (Phi) is 6.24. The van der Waals surface area contributed by atoms with Gasteiger partial charge in [0.15, 0.2) is 0 Å². The van der Waals surface area contributed by atoms with Crippen LogP contribution in [0.3, 0.4) is 0 Å². The number of likely N-dealkylation sites (tertiary alicyclic amines) is 1. The van der Waals surface area contributed by atoms with Gasteiger partial charge in [0.1, 0.15) is 0 Å². The molecule has 2 aromatic rings. The van der Waals surface area contributed by atoms with Crippen LogP contribution in [-0.4, -0.2) is 29.9 Å². The molecule has 1 aliphatic rings. The molecule has 0 spiro atoms. The zero-order valence-corrected chi connectivity index (χ0v) is 14.3. The van der Waals surface area contributed by atoms with Crippen molar-refractivity contribution in [2.75, 3.05) is 13.1 Å². The Bertz CT molecular complexity index is 620. The molecule has 0 unspecified atom stereocenters. The summed E-state index contributed by atoms with van der Waals surface area (Å²) in [4.78, 5) is 14.2. The highest BCUT2D eigenvalue weighted by Crippen LogP contribution is 2.26. The molecule has 1 amide bonds. The van der Waals surface area contributed by atoms with Crippen LogP contribution in [0.25, 0.3) is 10.1 Å². The van der Waals surface area contributed by atoms with E-state index in [0.717, 1.165) is 38.8 Å². The van der Waals surface area contributed by atoms with E-state index < -0.39 is 0 Å². The summed E-state index contributed by atoms with van der Waals surface area (Å²) in [5.41, 5.74) is 7.26. The van der Waals surface area contributed by atoms with E-state index in [0.29, 0.717) is 12.3 Å². The van der Waals surface area contributed by atoms with Crippen LogP contribution in [0.15, 0.2) is 29.6 Å². The van der Waals surface area contributed by atoms with E-state index in [9.17, 15) is 4.79 Å². The van der Waals surface area contributed by atoms with Crippen LogP contribution in [0.2, 0.25) is 0 Å². The molecular formula is C17H23ClN2OS. The first-order valence-corrected chi connectivity index (χ1v) is 8.60. The lowest BCUT2D eigenvalue weighted by Gasteiger charge is -2.30. The maximum absolute atomic E-state index is 12.2. The fourth-order valence-corrected chi connectivity index (χ4v) is 3.96. The number of nitrogens with zero attached hydrogens (tertiary/aromatic N) is 1. The van der Waals surface area contributed by atoms with Crippen LogP contribution in [0.5, 0.6) is 0 Å². The summed E-state index contributed by atoms with van der Waals surface area (Å²) < 4.78 is 1.34. The van der Waals surface area contributed by atoms with Gasteiger partial charge in [-0.25, -0.2) is 0 Å². The first kappa shape index (κ1) is 17.3. The number of thiophene rings is 1. The van der Waals surface area contributed by atoms with Gasteiger partial charge in [-0.3, -0.25) is 4.79 Å². The molecule has 1 aromatic heterocycles. The normalized spacial score (nSPS) is 15.8. The fraction of sp³-hybridized carbons (Fsp3) is 0.471. The number of carbonyl (C=O) groups excluding carboxylic acids is 1. The summed E-state index contributed by atoms with van der Waals surface area (Å²) in [6, 6.07) is 8.78. The Morgan fingerprint density at radius 3 is 2.77 bits per heavy atom. The molecule has 0 radical (unpaired) electrons. The van der Waals surface area contributed by atoms with Gasteiger partial charge in [-0.15, -0.1) is 23.7 Å². The number of hydrogen-bond acceptors (Lipinski definition) is 3. The highest BCUT2D eigenvalue weighted by molar-refractivity contribution is 7.17. The number of benzene rings is 1. The number of hydrogen-bond donors (Lipinski definition) is 1. The molecule has 3 rings (SSSR count). The van der Waals surface area contributed by atoms with Crippen LogP contribution in [0, 0.1) is 0 Å². The number of fused-ring (bicyclic) bond motifs is 1. The van der Waals surface area contributed by atoms with E-state index >= 15 is 0 Å². The van der Waals surface area contributed by atoms with E-state index in [-0.39, 0.29) is 18.4 Å². The zero-order valence-electron chi connectivity index (χ0n) is 12.7. The second-order valence-electron chi connectivity index (χ2n) is 5.83. The van der Waals surface area contributed by atoms with Crippen molar-refractivity contribution in [2.45, 2.75) is 38.1 Å². The molecule has 2 N–H and O–H groups in total. The molecular weight excluding hydrogens is 316 g/mol. The van der Waals surface area contributed by atoms with Gasteiger partial charge in [0.2, 0.25) is 5.91 Å². The largest absolute Gasteiger partial charge is 0.343 e. The number of amides is 1. The average Bonchev–Trinajstić information content (AvgIpc) is 2.91. The van der Waals surface area contributed by atoms with Gasteiger partial charge in [-0.1, -0.05) is 18.2 Å².